The Bertz CT molecular complexity index is 743. The lowest BCUT2D eigenvalue weighted by atomic mass is 9.91. The molecule has 0 bridgehead atoms. The number of nitrogens with zero attached hydrogens (tertiary/aromatic N) is 5. The highest BCUT2D eigenvalue weighted by atomic mass is 16.2. The molecule has 6 nitrogen and oxygen atoms in total. The highest BCUT2D eigenvalue weighted by Crippen LogP contribution is 2.23. The number of imidazole rings is 1. The molecule has 24 heavy (non-hydrogen) atoms. The van der Waals surface area contributed by atoms with Crippen molar-refractivity contribution >= 4 is 5.91 Å². The van der Waals surface area contributed by atoms with E-state index in [9.17, 15) is 4.79 Å². The average molecular weight is 325 g/mol. The Morgan fingerprint density at radius 3 is 2.67 bits per heavy atom. The van der Waals surface area contributed by atoms with Gasteiger partial charge in [-0.05, 0) is 38.2 Å². The number of aryl methyl sites for hydroxylation is 1. The molecule has 6 heteroatoms. The topological polar surface area (TPSA) is 63.9 Å². The zero-order valence-electron chi connectivity index (χ0n) is 14.3. The van der Waals surface area contributed by atoms with Gasteiger partial charge in [0, 0.05) is 43.8 Å². The second kappa shape index (κ2) is 6.95. The van der Waals surface area contributed by atoms with Crippen molar-refractivity contribution < 1.29 is 4.79 Å². The molecule has 2 aromatic heterocycles. The second-order valence-electron chi connectivity index (χ2n) is 6.48. The molecule has 0 radical (unpaired) electrons. The van der Waals surface area contributed by atoms with Crippen LogP contribution in [0.5, 0.6) is 0 Å². The number of carbonyl (C=O) groups excluding carboxylic acids is 1. The van der Waals surface area contributed by atoms with E-state index in [1.165, 1.54) is 0 Å². The lowest BCUT2D eigenvalue weighted by molar-refractivity contribution is -0.128. The molecule has 0 saturated carbocycles. The van der Waals surface area contributed by atoms with Crippen LogP contribution >= 0.6 is 0 Å². The Kier molecular flexibility index (Phi) is 4.74. The summed E-state index contributed by atoms with van der Waals surface area (Å²) in [7, 11) is 1.96. The minimum atomic E-state index is 0.0764. The Balaban J connectivity index is 1.63. The van der Waals surface area contributed by atoms with E-state index in [0.29, 0.717) is 11.5 Å². The van der Waals surface area contributed by atoms with E-state index in [0.717, 1.165) is 49.6 Å². The quantitative estimate of drug-likeness (QED) is 0.809. The van der Waals surface area contributed by atoms with E-state index in [2.05, 4.69) is 21.5 Å². The number of likely N-dealkylation sites (tertiary alicyclic amines) is 1. The number of hydrogen-bond donors (Lipinski definition) is 0. The second-order valence-corrected chi connectivity index (χ2v) is 6.48. The van der Waals surface area contributed by atoms with E-state index in [4.69, 9.17) is 0 Å². The minimum Gasteiger partial charge on any atom is -0.339 e. The van der Waals surface area contributed by atoms with Crippen molar-refractivity contribution in [3.63, 3.8) is 0 Å². The molecule has 1 aliphatic heterocycles. The van der Waals surface area contributed by atoms with Crippen LogP contribution in [0, 0.1) is 5.92 Å². The SMILES string of the molecule is C=C(C)C(=O)N1CCC(Cc2cc(-c3nccn3C)ncn2)CC1. The average Bonchev–Trinajstić information content (AvgIpc) is 3.01. The van der Waals surface area contributed by atoms with Crippen LogP contribution in [0.25, 0.3) is 11.5 Å². The fourth-order valence-corrected chi connectivity index (χ4v) is 3.15. The standard InChI is InChI=1S/C18H23N5O/c1-13(2)18(24)23-7-4-14(5-8-23)10-15-11-16(21-12-20-15)17-19-6-9-22(17)3/h6,9,11-12,14H,1,4-5,7-8,10H2,2-3H3. The molecule has 0 spiro atoms. The monoisotopic (exact) mass is 325 g/mol. The molecule has 1 amide bonds. The molecule has 1 aliphatic rings. The zero-order chi connectivity index (χ0) is 17.1. The van der Waals surface area contributed by atoms with Gasteiger partial charge >= 0.3 is 0 Å². The van der Waals surface area contributed by atoms with Crippen molar-refractivity contribution in [3.05, 3.63) is 42.6 Å². The summed E-state index contributed by atoms with van der Waals surface area (Å²) < 4.78 is 1.95. The van der Waals surface area contributed by atoms with Crippen LogP contribution in [0.2, 0.25) is 0 Å². The van der Waals surface area contributed by atoms with Crippen LogP contribution in [0.3, 0.4) is 0 Å². The summed E-state index contributed by atoms with van der Waals surface area (Å²) in [5, 5.41) is 0. The van der Waals surface area contributed by atoms with Crippen molar-refractivity contribution in [3.8, 4) is 11.5 Å². The predicted molar refractivity (Wildman–Crippen MR) is 92.1 cm³/mol. The molecule has 0 aliphatic carbocycles. The highest BCUT2D eigenvalue weighted by molar-refractivity contribution is 5.92. The van der Waals surface area contributed by atoms with Crippen LogP contribution in [-0.4, -0.2) is 43.4 Å². The molecule has 0 atom stereocenters. The Morgan fingerprint density at radius 1 is 1.29 bits per heavy atom. The van der Waals surface area contributed by atoms with Gasteiger partial charge in [0.05, 0.1) is 0 Å². The first-order valence-corrected chi connectivity index (χ1v) is 8.28. The van der Waals surface area contributed by atoms with Crippen LogP contribution in [0.15, 0.2) is 36.9 Å². The third-order valence-corrected chi connectivity index (χ3v) is 4.54. The van der Waals surface area contributed by atoms with Crippen LogP contribution in [0.1, 0.15) is 25.5 Å². The van der Waals surface area contributed by atoms with E-state index in [-0.39, 0.29) is 5.91 Å². The third kappa shape index (κ3) is 3.53. The maximum absolute atomic E-state index is 12.0. The van der Waals surface area contributed by atoms with E-state index in [1.54, 1.807) is 19.4 Å². The van der Waals surface area contributed by atoms with Crippen LogP contribution < -0.4 is 0 Å². The van der Waals surface area contributed by atoms with Crippen molar-refractivity contribution in [1.82, 2.24) is 24.4 Å². The fraction of sp³-hybridized carbons (Fsp3) is 0.444. The number of rotatable bonds is 4. The van der Waals surface area contributed by atoms with Crippen molar-refractivity contribution in [2.75, 3.05) is 13.1 Å². The molecule has 1 saturated heterocycles. The van der Waals surface area contributed by atoms with Crippen molar-refractivity contribution in [1.29, 1.82) is 0 Å². The summed E-state index contributed by atoms with van der Waals surface area (Å²) in [5.74, 6) is 1.47. The van der Waals surface area contributed by atoms with Gasteiger partial charge in [-0.2, -0.15) is 0 Å². The maximum Gasteiger partial charge on any atom is 0.248 e. The number of amides is 1. The lowest BCUT2D eigenvalue weighted by Gasteiger charge is -2.32. The molecule has 0 aromatic carbocycles. The first-order valence-electron chi connectivity index (χ1n) is 8.28. The number of carbonyl (C=O) groups is 1. The first-order chi connectivity index (χ1) is 11.5. The molecular weight excluding hydrogens is 302 g/mol. The normalized spacial score (nSPS) is 15.5. The molecule has 3 rings (SSSR count). The summed E-state index contributed by atoms with van der Waals surface area (Å²) in [6, 6.07) is 2.02. The van der Waals surface area contributed by atoms with Gasteiger partial charge in [-0.3, -0.25) is 4.79 Å². The Morgan fingerprint density at radius 2 is 2.04 bits per heavy atom. The Labute approximate surface area is 142 Å². The molecule has 0 N–H and O–H groups in total. The summed E-state index contributed by atoms with van der Waals surface area (Å²) in [5.41, 5.74) is 2.50. The van der Waals surface area contributed by atoms with Crippen LogP contribution in [0.4, 0.5) is 0 Å². The van der Waals surface area contributed by atoms with Gasteiger partial charge < -0.3 is 9.47 Å². The fourth-order valence-electron chi connectivity index (χ4n) is 3.15. The number of hydrogen-bond acceptors (Lipinski definition) is 4. The largest absolute Gasteiger partial charge is 0.339 e. The summed E-state index contributed by atoms with van der Waals surface area (Å²) in [6.45, 7) is 7.11. The zero-order valence-corrected chi connectivity index (χ0v) is 14.3. The summed E-state index contributed by atoms with van der Waals surface area (Å²) >= 11 is 0. The van der Waals surface area contributed by atoms with E-state index >= 15 is 0 Å². The van der Waals surface area contributed by atoms with Gasteiger partial charge in [-0.1, -0.05) is 6.58 Å². The third-order valence-electron chi connectivity index (χ3n) is 4.54. The molecule has 1 fully saturated rings. The molecule has 2 aromatic rings. The molecule has 126 valence electrons. The van der Waals surface area contributed by atoms with Gasteiger partial charge in [0.1, 0.15) is 12.0 Å². The van der Waals surface area contributed by atoms with Gasteiger partial charge in [-0.15, -0.1) is 0 Å². The molecular formula is C18H23N5O. The summed E-state index contributed by atoms with van der Waals surface area (Å²) in [6.07, 6.45) is 8.20. The number of piperidine rings is 1. The van der Waals surface area contributed by atoms with E-state index < -0.39 is 0 Å². The van der Waals surface area contributed by atoms with Crippen molar-refractivity contribution in [2.45, 2.75) is 26.2 Å². The van der Waals surface area contributed by atoms with Crippen molar-refractivity contribution in [2.24, 2.45) is 13.0 Å². The first kappa shape index (κ1) is 16.4. The molecule has 0 unspecified atom stereocenters. The van der Waals surface area contributed by atoms with Gasteiger partial charge in [0.15, 0.2) is 5.82 Å². The van der Waals surface area contributed by atoms with Gasteiger partial charge in [-0.25, -0.2) is 15.0 Å². The van der Waals surface area contributed by atoms with Gasteiger partial charge in [0.2, 0.25) is 5.91 Å². The van der Waals surface area contributed by atoms with E-state index in [1.807, 2.05) is 28.8 Å². The lowest BCUT2D eigenvalue weighted by Crippen LogP contribution is -2.39. The predicted octanol–water partition coefficient (Wildman–Crippen LogP) is 2.23. The van der Waals surface area contributed by atoms with Gasteiger partial charge in [0.25, 0.3) is 0 Å². The molecule has 3 heterocycles. The maximum atomic E-state index is 12.0. The number of aromatic nitrogens is 4. The van der Waals surface area contributed by atoms with Crippen LogP contribution in [-0.2, 0) is 18.3 Å². The minimum absolute atomic E-state index is 0.0764. The Hall–Kier alpha value is -2.50. The highest BCUT2D eigenvalue weighted by Gasteiger charge is 2.23. The summed E-state index contributed by atoms with van der Waals surface area (Å²) in [4.78, 5) is 27.0. The smallest absolute Gasteiger partial charge is 0.248 e.